The van der Waals surface area contributed by atoms with Crippen molar-refractivity contribution in [1.29, 1.82) is 0 Å². The summed E-state index contributed by atoms with van der Waals surface area (Å²) in [4.78, 5) is 14.8. The molecule has 0 radical (unpaired) electrons. The molecular formula is C18H28ClN3O3S. The predicted molar refractivity (Wildman–Crippen MR) is 104 cm³/mol. The summed E-state index contributed by atoms with van der Waals surface area (Å²) in [6, 6.07) is 7.05. The minimum absolute atomic E-state index is 0. The average Bonchev–Trinajstić information content (AvgIpc) is 2.93. The van der Waals surface area contributed by atoms with Crippen molar-refractivity contribution in [2.24, 2.45) is 0 Å². The lowest BCUT2D eigenvalue weighted by atomic mass is 10.1. The van der Waals surface area contributed by atoms with Gasteiger partial charge in [-0.25, -0.2) is 13.1 Å². The molecule has 2 aliphatic rings. The number of rotatable bonds is 5. The Morgan fingerprint density at radius 2 is 1.88 bits per heavy atom. The predicted octanol–water partition coefficient (Wildman–Crippen LogP) is 2.15. The molecule has 2 N–H and O–H groups in total. The zero-order valence-electron chi connectivity index (χ0n) is 15.3. The Morgan fingerprint density at radius 1 is 1.23 bits per heavy atom. The highest BCUT2D eigenvalue weighted by Gasteiger charge is 2.31. The van der Waals surface area contributed by atoms with E-state index in [1.54, 1.807) is 12.1 Å². The second-order valence-electron chi connectivity index (χ2n) is 7.13. The second-order valence-corrected chi connectivity index (χ2v) is 8.85. The normalized spacial score (nSPS) is 23.8. The molecule has 2 bridgehead atoms. The number of nitrogens with zero attached hydrogens (tertiary/aromatic N) is 1. The molecule has 26 heavy (non-hydrogen) atoms. The third-order valence-electron chi connectivity index (χ3n) is 5.19. The number of likely N-dealkylation sites (tertiary alicyclic amines) is 1. The number of carbonyl (C=O) groups is 1. The average molecular weight is 402 g/mol. The molecule has 146 valence electrons. The molecule has 2 aliphatic heterocycles. The zero-order valence-corrected chi connectivity index (χ0v) is 16.9. The van der Waals surface area contributed by atoms with Gasteiger partial charge in [0.1, 0.15) is 0 Å². The van der Waals surface area contributed by atoms with E-state index in [1.807, 2.05) is 18.7 Å². The Morgan fingerprint density at radius 3 is 2.54 bits per heavy atom. The molecule has 6 nitrogen and oxygen atoms in total. The van der Waals surface area contributed by atoms with E-state index >= 15 is 0 Å². The van der Waals surface area contributed by atoms with Crippen molar-refractivity contribution in [3.05, 3.63) is 29.8 Å². The number of amides is 1. The van der Waals surface area contributed by atoms with Gasteiger partial charge in [-0.15, -0.1) is 12.4 Å². The van der Waals surface area contributed by atoms with Crippen molar-refractivity contribution in [2.45, 2.75) is 62.6 Å². The summed E-state index contributed by atoms with van der Waals surface area (Å²) in [5, 5.41) is 3.56. The molecule has 1 aromatic rings. The van der Waals surface area contributed by atoms with E-state index in [9.17, 15) is 13.2 Å². The molecule has 3 unspecified atom stereocenters. The summed E-state index contributed by atoms with van der Waals surface area (Å²) in [7, 11) is -3.54. The summed E-state index contributed by atoms with van der Waals surface area (Å²) >= 11 is 0. The van der Waals surface area contributed by atoms with Gasteiger partial charge >= 0.3 is 0 Å². The van der Waals surface area contributed by atoms with Crippen molar-refractivity contribution in [3.63, 3.8) is 0 Å². The minimum atomic E-state index is -3.54. The van der Waals surface area contributed by atoms with Crippen LogP contribution >= 0.6 is 12.4 Å². The van der Waals surface area contributed by atoms with Crippen molar-refractivity contribution in [1.82, 2.24) is 14.9 Å². The monoisotopic (exact) mass is 401 g/mol. The number of hydrogen-bond acceptors (Lipinski definition) is 4. The quantitative estimate of drug-likeness (QED) is 0.792. The number of nitrogens with one attached hydrogen (secondary N) is 2. The molecule has 0 saturated carbocycles. The van der Waals surface area contributed by atoms with Crippen LogP contribution in [0, 0.1) is 0 Å². The topological polar surface area (TPSA) is 78.5 Å². The first-order valence-corrected chi connectivity index (χ1v) is 10.5. The fraction of sp³-hybridized carbons (Fsp3) is 0.611. The van der Waals surface area contributed by atoms with Gasteiger partial charge in [0.15, 0.2) is 0 Å². The van der Waals surface area contributed by atoms with Gasteiger partial charge in [0.05, 0.1) is 4.90 Å². The van der Waals surface area contributed by atoms with Gasteiger partial charge in [0.2, 0.25) is 10.0 Å². The third-order valence-corrected chi connectivity index (χ3v) is 6.80. The summed E-state index contributed by atoms with van der Waals surface area (Å²) in [6.45, 7) is 5.24. The first kappa shape index (κ1) is 21.2. The molecule has 1 amide bonds. The van der Waals surface area contributed by atoms with Crippen LogP contribution in [0.2, 0.25) is 0 Å². The Hall–Kier alpha value is -1.15. The van der Waals surface area contributed by atoms with Crippen LogP contribution in [0.4, 0.5) is 0 Å². The van der Waals surface area contributed by atoms with Crippen molar-refractivity contribution in [2.75, 3.05) is 13.1 Å². The summed E-state index contributed by atoms with van der Waals surface area (Å²) in [5.74, 6) is -0.0202. The van der Waals surface area contributed by atoms with Gasteiger partial charge in [0.25, 0.3) is 5.91 Å². The van der Waals surface area contributed by atoms with Gasteiger partial charge in [-0.05, 0) is 56.9 Å². The SMILES string of the molecule is CCC(C)NS(=O)(=O)c1ccc(C(=O)N2CCC3CCC(C2)N3)cc1.Cl. The van der Waals surface area contributed by atoms with Crippen LogP contribution in [0.25, 0.3) is 0 Å². The molecule has 0 aromatic heterocycles. The van der Waals surface area contributed by atoms with Gasteiger partial charge in [0, 0.05) is 36.8 Å². The van der Waals surface area contributed by atoms with Gasteiger partial charge in [-0.3, -0.25) is 4.79 Å². The molecule has 2 heterocycles. The van der Waals surface area contributed by atoms with Crippen LogP contribution < -0.4 is 10.0 Å². The first-order chi connectivity index (χ1) is 11.9. The second kappa shape index (κ2) is 8.69. The summed E-state index contributed by atoms with van der Waals surface area (Å²) in [5.41, 5.74) is 0.542. The van der Waals surface area contributed by atoms with E-state index in [-0.39, 0.29) is 29.3 Å². The maximum atomic E-state index is 12.7. The Kier molecular flexibility index (Phi) is 7.07. The van der Waals surface area contributed by atoms with E-state index in [0.29, 0.717) is 17.6 Å². The lowest BCUT2D eigenvalue weighted by molar-refractivity contribution is 0.0748. The Balaban J connectivity index is 0.00000243. The van der Waals surface area contributed by atoms with Crippen LogP contribution in [-0.2, 0) is 10.0 Å². The highest BCUT2D eigenvalue weighted by Crippen LogP contribution is 2.22. The number of sulfonamides is 1. The molecule has 0 spiro atoms. The number of fused-ring (bicyclic) bond motifs is 2. The lowest BCUT2D eigenvalue weighted by Gasteiger charge is -2.24. The van der Waals surface area contributed by atoms with Crippen LogP contribution in [0.15, 0.2) is 29.2 Å². The van der Waals surface area contributed by atoms with Crippen LogP contribution in [0.1, 0.15) is 49.9 Å². The van der Waals surface area contributed by atoms with E-state index in [2.05, 4.69) is 10.0 Å². The number of carbonyl (C=O) groups excluding carboxylic acids is 1. The van der Waals surface area contributed by atoms with Crippen LogP contribution in [0.3, 0.4) is 0 Å². The molecule has 2 fully saturated rings. The summed E-state index contributed by atoms with van der Waals surface area (Å²) < 4.78 is 27.2. The molecule has 2 saturated heterocycles. The standard InChI is InChI=1S/C18H27N3O3S.ClH/c1-3-13(2)20-25(23,24)17-8-4-14(5-9-17)18(22)21-11-10-15-6-7-16(12-21)19-15;/h4-5,8-9,13,15-16,19-20H,3,6-7,10-12H2,1-2H3;1H. The highest BCUT2D eigenvalue weighted by molar-refractivity contribution is 7.89. The van der Waals surface area contributed by atoms with Crippen molar-refractivity contribution < 1.29 is 13.2 Å². The van der Waals surface area contributed by atoms with Gasteiger partial charge in [-0.1, -0.05) is 6.92 Å². The van der Waals surface area contributed by atoms with E-state index in [0.717, 1.165) is 32.4 Å². The minimum Gasteiger partial charge on any atom is -0.337 e. The maximum absolute atomic E-state index is 12.7. The molecular weight excluding hydrogens is 374 g/mol. The van der Waals surface area contributed by atoms with Crippen LogP contribution in [-0.4, -0.2) is 50.4 Å². The third kappa shape index (κ3) is 4.76. The van der Waals surface area contributed by atoms with Gasteiger partial charge in [-0.2, -0.15) is 0 Å². The van der Waals surface area contributed by atoms with Crippen molar-refractivity contribution in [3.8, 4) is 0 Å². The molecule has 3 rings (SSSR count). The molecule has 3 atom stereocenters. The number of benzene rings is 1. The number of halogens is 1. The maximum Gasteiger partial charge on any atom is 0.253 e. The Bertz CT molecular complexity index is 724. The molecule has 8 heteroatoms. The first-order valence-electron chi connectivity index (χ1n) is 9.06. The zero-order chi connectivity index (χ0) is 18.0. The lowest BCUT2D eigenvalue weighted by Crippen LogP contribution is -2.39. The van der Waals surface area contributed by atoms with Crippen molar-refractivity contribution >= 4 is 28.3 Å². The fourth-order valence-corrected chi connectivity index (χ4v) is 4.83. The largest absolute Gasteiger partial charge is 0.337 e. The van der Waals surface area contributed by atoms with Crippen LogP contribution in [0.5, 0.6) is 0 Å². The highest BCUT2D eigenvalue weighted by atomic mass is 35.5. The fourth-order valence-electron chi connectivity index (χ4n) is 3.50. The van der Waals surface area contributed by atoms with E-state index in [1.165, 1.54) is 18.6 Å². The summed E-state index contributed by atoms with van der Waals surface area (Å²) in [6.07, 6.45) is 4.02. The number of hydrogen-bond donors (Lipinski definition) is 2. The van der Waals surface area contributed by atoms with Gasteiger partial charge < -0.3 is 10.2 Å². The smallest absolute Gasteiger partial charge is 0.253 e. The molecule has 1 aromatic carbocycles. The molecule has 0 aliphatic carbocycles. The van der Waals surface area contributed by atoms with E-state index in [4.69, 9.17) is 0 Å². The Labute approximate surface area is 162 Å². The van der Waals surface area contributed by atoms with E-state index < -0.39 is 10.0 Å².